The summed E-state index contributed by atoms with van der Waals surface area (Å²) >= 11 is 0. The molecule has 1 heteroatoms. The zero-order chi connectivity index (χ0) is 52.2. The molecule has 2 aliphatic rings. The minimum atomic E-state index is -0.487. The van der Waals surface area contributed by atoms with Crippen LogP contribution in [-0.2, 0) is 0 Å². The summed E-state index contributed by atoms with van der Waals surface area (Å²) in [5.74, 6) is 0.981. The van der Waals surface area contributed by atoms with Crippen molar-refractivity contribution in [1.82, 2.24) is 0 Å². The predicted octanol–water partition coefficient (Wildman–Crippen LogP) is 16.9. The summed E-state index contributed by atoms with van der Waals surface area (Å²) in [5.41, 5.74) is 8.21. The van der Waals surface area contributed by atoms with Crippen molar-refractivity contribution < 1.29 is 23.9 Å². The lowest BCUT2D eigenvalue weighted by Gasteiger charge is -2.23. The maximum Gasteiger partial charge on any atom is 0.135 e. The largest absolute Gasteiger partial charge is 0.456 e. The lowest BCUT2D eigenvalue weighted by atomic mass is 9.82. The van der Waals surface area contributed by atoms with Crippen LogP contribution in [0.25, 0.3) is 121 Å². The van der Waals surface area contributed by atoms with Gasteiger partial charge in [-0.3, -0.25) is 0 Å². The van der Waals surface area contributed by atoms with Crippen LogP contribution in [0, 0.1) is 0 Å². The molecule has 13 rings (SSSR count). The molecular weight excluding hydrogens is 737 g/mol. The minimum Gasteiger partial charge on any atom is -0.456 e. The second kappa shape index (κ2) is 13.3. The van der Waals surface area contributed by atoms with Gasteiger partial charge in [-0.2, -0.15) is 0 Å². The second-order valence-corrected chi connectivity index (χ2v) is 15.2. The molecule has 0 bridgehead atoms. The van der Waals surface area contributed by atoms with E-state index in [0.29, 0.717) is 66.6 Å². The Morgan fingerprint density at radius 3 is 1.56 bits per heavy atom. The normalized spacial score (nSPS) is 15.3. The first-order valence-electron chi connectivity index (χ1n) is 26.9. The van der Waals surface area contributed by atoms with Gasteiger partial charge in [-0.25, -0.2) is 0 Å². The molecule has 0 unspecified atom stereocenters. The van der Waals surface area contributed by atoms with Gasteiger partial charge < -0.3 is 4.74 Å². The molecule has 0 fully saturated rings. The number of rotatable bonds is 5. The summed E-state index contributed by atoms with van der Waals surface area (Å²) in [7, 11) is 0. The van der Waals surface area contributed by atoms with E-state index >= 15 is 0 Å². The molecule has 1 aliphatic heterocycles. The average Bonchev–Trinajstić information content (AvgIpc) is 3.79. The highest BCUT2D eigenvalue weighted by molar-refractivity contribution is 6.27. The van der Waals surface area contributed by atoms with Crippen molar-refractivity contribution in [2.24, 2.45) is 0 Å². The number of hydrogen-bond acceptors (Lipinski definition) is 1. The van der Waals surface area contributed by atoms with Crippen LogP contribution in [0.5, 0.6) is 11.5 Å². The third kappa shape index (κ3) is 5.14. The van der Waals surface area contributed by atoms with Crippen LogP contribution in [-0.4, -0.2) is 0 Å². The molecule has 0 amide bonds. The third-order valence-corrected chi connectivity index (χ3v) is 12.0. The Balaban J connectivity index is 0.977. The molecule has 0 N–H and O–H groups in total. The summed E-state index contributed by atoms with van der Waals surface area (Å²) in [6, 6.07) is 36.1. The molecule has 0 aromatic heterocycles. The highest BCUT2D eigenvalue weighted by Crippen LogP contribution is 2.58. The van der Waals surface area contributed by atoms with Crippen molar-refractivity contribution in [3.05, 3.63) is 218 Å². The predicted molar refractivity (Wildman–Crippen MR) is 256 cm³/mol. The molecular formula is C60H36O. The van der Waals surface area contributed by atoms with Crippen LogP contribution in [0.15, 0.2) is 218 Å². The molecule has 282 valence electrons. The van der Waals surface area contributed by atoms with Crippen molar-refractivity contribution >= 4 is 32.3 Å². The number of ether oxygens (including phenoxy) is 1. The van der Waals surface area contributed by atoms with Crippen molar-refractivity contribution in [2.45, 2.75) is 0 Å². The van der Waals surface area contributed by atoms with Crippen LogP contribution in [0.3, 0.4) is 0 Å². The molecule has 11 aromatic carbocycles. The van der Waals surface area contributed by atoms with Gasteiger partial charge in [0.2, 0.25) is 0 Å². The zero-order valence-corrected chi connectivity index (χ0v) is 32.1. The van der Waals surface area contributed by atoms with E-state index < -0.39 is 36.3 Å². The lowest BCUT2D eigenvalue weighted by molar-refractivity contribution is 0.487. The van der Waals surface area contributed by atoms with Crippen LogP contribution < -0.4 is 4.74 Å². The van der Waals surface area contributed by atoms with E-state index in [1.807, 2.05) is 97.1 Å². The second-order valence-electron chi connectivity index (χ2n) is 15.2. The Labute approximate surface area is 374 Å². The maximum atomic E-state index is 9.56. The van der Waals surface area contributed by atoms with Crippen LogP contribution in [0.4, 0.5) is 0 Å². The summed E-state index contributed by atoms with van der Waals surface area (Å²) < 4.78 is 131. The maximum absolute atomic E-state index is 9.56. The van der Waals surface area contributed by atoms with E-state index in [1.165, 1.54) is 0 Å². The van der Waals surface area contributed by atoms with Crippen LogP contribution >= 0.6 is 0 Å². The Kier molecular flexibility index (Phi) is 4.99. The SMILES string of the molecule is [2H]c1c([2H])c([2H])c(-c2c3c(c(-c4cccc(-c5c([2H])c([2H])c(-c6ccc7c(c6)-c6cccc8c(-c9c([2H])c([2H])c([2H])c([2H])c9[2H])ccc(c68)O7)c([2H])c5[2H])c4)c4ccccc24)-c2cccc4cccc-3c24)c([2H])c1[2H]. The van der Waals surface area contributed by atoms with Crippen molar-refractivity contribution in [2.75, 3.05) is 0 Å². The molecule has 1 heterocycles. The minimum absolute atomic E-state index is 0.0593. The van der Waals surface area contributed by atoms with E-state index in [9.17, 15) is 8.22 Å². The summed E-state index contributed by atoms with van der Waals surface area (Å²) in [5, 5.41) is 4.58. The Morgan fingerprint density at radius 2 is 0.852 bits per heavy atom. The number of fused-ring (bicyclic) bond motifs is 6. The van der Waals surface area contributed by atoms with E-state index in [2.05, 4.69) is 0 Å². The van der Waals surface area contributed by atoms with Gasteiger partial charge in [-0.15, -0.1) is 0 Å². The van der Waals surface area contributed by atoms with Crippen molar-refractivity contribution in [1.29, 1.82) is 0 Å². The molecule has 0 saturated carbocycles. The summed E-state index contributed by atoms with van der Waals surface area (Å²) in [6.45, 7) is 0. The van der Waals surface area contributed by atoms with Gasteiger partial charge in [-0.05, 0) is 135 Å². The van der Waals surface area contributed by atoms with Crippen molar-refractivity contribution in [3.63, 3.8) is 0 Å². The van der Waals surface area contributed by atoms with E-state index in [0.717, 1.165) is 44.0 Å². The van der Waals surface area contributed by atoms with E-state index in [1.54, 1.807) is 36.4 Å². The first-order valence-corrected chi connectivity index (χ1v) is 19.9. The fourth-order valence-electron chi connectivity index (χ4n) is 9.49. The van der Waals surface area contributed by atoms with Crippen molar-refractivity contribution in [3.8, 4) is 101 Å². The highest BCUT2D eigenvalue weighted by atomic mass is 16.5. The van der Waals surface area contributed by atoms with Gasteiger partial charge in [0.25, 0.3) is 0 Å². The number of benzene rings is 11. The summed E-state index contributed by atoms with van der Waals surface area (Å²) in [6.07, 6.45) is 0. The zero-order valence-electron chi connectivity index (χ0n) is 46.1. The third-order valence-electron chi connectivity index (χ3n) is 12.0. The molecule has 1 nitrogen and oxygen atoms in total. The fraction of sp³-hybridized carbons (Fsp3) is 0. The fourth-order valence-corrected chi connectivity index (χ4v) is 9.49. The van der Waals surface area contributed by atoms with Crippen LogP contribution in [0.1, 0.15) is 19.2 Å². The van der Waals surface area contributed by atoms with Gasteiger partial charge in [0.1, 0.15) is 11.5 Å². The Morgan fingerprint density at radius 1 is 0.295 bits per heavy atom. The summed E-state index contributed by atoms with van der Waals surface area (Å²) in [4.78, 5) is 0. The first kappa shape index (κ1) is 23.0. The smallest absolute Gasteiger partial charge is 0.135 e. The van der Waals surface area contributed by atoms with Crippen LogP contribution in [0.2, 0.25) is 0 Å². The van der Waals surface area contributed by atoms with Gasteiger partial charge in [0, 0.05) is 10.9 Å². The molecule has 61 heavy (non-hydrogen) atoms. The van der Waals surface area contributed by atoms with Gasteiger partial charge in [0.15, 0.2) is 0 Å². The molecule has 0 radical (unpaired) electrons. The Hall–Kier alpha value is -8.00. The van der Waals surface area contributed by atoms with Gasteiger partial charge >= 0.3 is 0 Å². The molecule has 0 saturated heterocycles. The standard InChI is InChI=1S/C60H36O/c1-3-13-39(14-4-1)45-32-34-54-58-46(45)23-12-24-49(58)52-36-43(31-33-53(52)61-54)38-29-27-37(28-30-38)42-19-9-20-44(35-42)57-48-22-8-7-21-47(48)56(41-15-5-2-6-16-41)59-50-25-10-17-40-18-11-26-51(55(40)50)60(57)59/h1-36H/i1D,2D,3D,4D,5D,6D,13D,14D,15D,16D,27D,28D,29D,30D. The van der Waals surface area contributed by atoms with E-state index in [-0.39, 0.29) is 70.6 Å². The van der Waals surface area contributed by atoms with Gasteiger partial charge in [-0.1, -0.05) is 194 Å². The van der Waals surface area contributed by atoms with Gasteiger partial charge in [0.05, 0.1) is 19.2 Å². The molecule has 0 atom stereocenters. The molecule has 11 aromatic rings. The topological polar surface area (TPSA) is 9.23 Å². The Bertz CT molecular complexity index is 4360. The first-order chi connectivity index (χ1) is 36.1. The quantitative estimate of drug-likeness (QED) is 0.169. The lowest BCUT2D eigenvalue weighted by Crippen LogP contribution is -1.98. The average molecular weight is 787 g/mol. The highest BCUT2D eigenvalue weighted by Gasteiger charge is 2.30. The van der Waals surface area contributed by atoms with E-state index in [4.69, 9.17) is 15.7 Å². The monoisotopic (exact) mass is 786 g/mol. The molecule has 0 spiro atoms. The molecule has 1 aliphatic carbocycles. The number of hydrogen-bond donors (Lipinski definition) is 0.